The quantitative estimate of drug-likeness (QED) is 0.715. The molecule has 0 bridgehead atoms. The van der Waals surface area contributed by atoms with Crippen molar-refractivity contribution in [3.05, 3.63) is 0 Å². The van der Waals surface area contributed by atoms with Crippen LogP contribution in [-0.2, 0) is 4.79 Å². The molecular formula is C15H25F3N4O2. The standard InChI is InChI=1S/C15H25F3N4O2/c16-15(17,18)10-2-1-3-12(8-10)21-14(24)20-11-4-6-22(7-5-11)9-13(19)23/h10-12H,1-9H2,(H2,19,23)(H2,20,21,24)/t10-,12-/m0/s1. The molecule has 1 aliphatic heterocycles. The van der Waals surface area contributed by atoms with Gasteiger partial charge in [-0.05, 0) is 32.1 Å². The third-order valence-corrected chi connectivity index (χ3v) is 4.77. The number of carbonyl (C=O) groups is 2. The van der Waals surface area contributed by atoms with Crippen molar-refractivity contribution >= 4 is 11.9 Å². The Kier molecular flexibility index (Phi) is 6.31. The number of likely N-dealkylation sites (tertiary alicyclic amines) is 1. The number of carbonyl (C=O) groups excluding carboxylic acids is 2. The molecule has 1 aliphatic carbocycles. The van der Waals surface area contributed by atoms with Gasteiger partial charge in [-0.15, -0.1) is 0 Å². The van der Waals surface area contributed by atoms with E-state index in [1.807, 2.05) is 4.90 Å². The lowest BCUT2D eigenvalue weighted by atomic mass is 9.85. The SMILES string of the molecule is NC(=O)CN1CCC(NC(=O)N[C@H]2CCC[C@H](C(F)(F)F)C2)CC1. The summed E-state index contributed by atoms with van der Waals surface area (Å²) in [6.07, 6.45) is -1.66. The van der Waals surface area contributed by atoms with Gasteiger partial charge in [0.2, 0.25) is 5.91 Å². The summed E-state index contributed by atoms with van der Waals surface area (Å²) in [7, 11) is 0. The molecule has 0 aromatic rings. The fourth-order valence-electron chi connectivity index (χ4n) is 3.49. The fraction of sp³-hybridized carbons (Fsp3) is 0.867. The van der Waals surface area contributed by atoms with E-state index in [1.54, 1.807) is 0 Å². The number of alkyl halides is 3. The summed E-state index contributed by atoms with van der Waals surface area (Å²) >= 11 is 0. The van der Waals surface area contributed by atoms with Crippen molar-refractivity contribution < 1.29 is 22.8 Å². The van der Waals surface area contributed by atoms with E-state index < -0.39 is 24.2 Å². The highest BCUT2D eigenvalue weighted by molar-refractivity contribution is 5.76. The Morgan fingerprint density at radius 1 is 1.04 bits per heavy atom. The number of nitrogens with zero attached hydrogens (tertiary/aromatic N) is 1. The molecule has 2 fully saturated rings. The van der Waals surface area contributed by atoms with Crippen LogP contribution in [0.15, 0.2) is 0 Å². The summed E-state index contributed by atoms with van der Waals surface area (Å²) < 4.78 is 38.4. The highest BCUT2D eigenvalue weighted by Gasteiger charge is 2.42. The zero-order valence-electron chi connectivity index (χ0n) is 13.6. The van der Waals surface area contributed by atoms with Crippen LogP contribution in [0.25, 0.3) is 0 Å². The summed E-state index contributed by atoms with van der Waals surface area (Å²) in [5, 5.41) is 5.49. The zero-order chi connectivity index (χ0) is 17.7. The molecule has 6 nitrogen and oxygen atoms in total. The summed E-state index contributed by atoms with van der Waals surface area (Å²) in [5.74, 6) is -1.70. The summed E-state index contributed by atoms with van der Waals surface area (Å²) in [6.45, 7) is 1.53. The number of hydrogen-bond donors (Lipinski definition) is 3. The normalized spacial score (nSPS) is 26.8. The van der Waals surface area contributed by atoms with Crippen LogP contribution in [0.4, 0.5) is 18.0 Å². The van der Waals surface area contributed by atoms with Gasteiger partial charge in [0.25, 0.3) is 0 Å². The molecule has 0 aromatic carbocycles. The lowest BCUT2D eigenvalue weighted by molar-refractivity contribution is -0.183. The molecule has 138 valence electrons. The van der Waals surface area contributed by atoms with Gasteiger partial charge in [-0.2, -0.15) is 13.2 Å². The first kappa shape index (κ1) is 18.8. The minimum Gasteiger partial charge on any atom is -0.369 e. The molecule has 0 unspecified atom stereocenters. The molecule has 1 saturated carbocycles. The van der Waals surface area contributed by atoms with E-state index in [0.29, 0.717) is 38.8 Å². The highest BCUT2D eigenvalue weighted by Crippen LogP contribution is 2.37. The fourth-order valence-corrected chi connectivity index (χ4v) is 3.49. The van der Waals surface area contributed by atoms with Crippen molar-refractivity contribution in [2.45, 2.75) is 56.8 Å². The van der Waals surface area contributed by atoms with Gasteiger partial charge in [0.15, 0.2) is 0 Å². The number of primary amides is 1. The number of hydrogen-bond acceptors (Lipinski definition) is 3. The zero-order valence-corrected chi connectivity index (χ0v) is 13.6. The predicted molar refractivity (Wildman–Crippen MR) is 82.1 cm³/mol. The maximum absolute atomic E-state index is 12.8. The maximum atomic E-state index is 12.8. The second kappa shape index (κ2) is 8.04. The van der Waals surface area contributed by atoms with Gasteiger partial charge in [0.05, 0.1) is 12.5 Å². The minimum absolute atomic E-state index is 0.0314. The van der Waals surface area contributed by atoms with E-state index in [-0.39, 0.29) is 31.3 Å². The molecule has 1 saturated heterocycles. The van der Waals surface area contributed by atoms with Crippen molar-refractivity contribution in [2.24, 2.45) is 11.7 Å². The molecule has 24 heavy (non-hydrogen) atoms. The highest BCUT2D eigenvalue weighted by atomic mass is 19.4. The van der Waals surface area contributed by atoms with Crippen LogP contribution in [0.5, 0.6) is 0 Å². The third kappa shape index (κ3) is 5.85. The van der Waals surface area contributed by atoms with Crippen LogP contribution in [-0.4, -0.2) is 54.7 Å². The first-order valence-electron chi connectivity index (χ1n) is 8.38. The Bertz CT molecular complexity index is 450. The topological polar surface area (TPSA) is 87.5 Å². The number of piperidine rings is 1. The van der Waals surface area contributed by atoms with E-state index in [0.717, 1.165) is 0 Å². The lowest BCUT2D eigenvalue weighted by Crippen LogP contribution is -2.51. The number of halogens is 3. The average Bonchev–Trinajstić information content (AvgIpc) is 2.48. The van der Waals surface area contributed by atoms with Gasteiger partial charge < -0.3 is 16.4 Å². The van der Waals surface area contributed by atoms with E-state index in [4.69, 9.17) is 5.73 Å². The van der Waals surface area contributed by atoms with Crippen molar-refractivity contribution in [1.29, 1.82) is 0 Å². The van der Waals surface area contributed by atoms with Crippen LogP contribution in [0, 0.1) is 5.92 Å². The van der Waals surface area contributed by atoms with Gasteiger partial charge in [0.1, 0.15) is 0 Å². The van der Waals surface area contributed by atoms with E-state index in [2.05, 4.69) is 10.6 Å². The predicted octanol–water partition coefficient (Wildman–Crippen LogP) is 1.36. The van der Waals surface area contributed by atoms with Gasteiger partial charge in [-0.1, -0.05) is 6.42 Å². The molecule has 1 heterocycles. The average molecular weight is 350 g/mol. The van der Waals surface area contributed by atoms with E-state index >= 15 is 0 Å². The molecule has 3 amide bonds. The molecule has 0 aromatic heterocycles. The first-order chi connectivity index (χ1) is 11.2. The molecule has 2 atom stereocenters. The number of nitrogens with one attached hydrogen (secondary N) is 2. The summed E-state index contributed by atoms with van der Waals surface area (Å²) in [4.78, 5) is 24.8. The number of rotatable bonds is 4. The Labute approximate surface area is 139 Å². The molecule has 4 N–H and O–H groups in total. The Hall–Kier alpha value is -1.51. The van der Waals surface area contributed by atoms with Crippen molar-refractivity contribution in [1.82, 2.24) is 15.5 Å². The maximum Gasteiger partial charge on any atom is 0.391 e. The Morgan fingerprint density at radius 3 is 2.25 bits per heavy atom. The molecule has 2 aliphatic rings. The van der Waals surface area contributed by atoms with Gasteiger partial charge in [-0.3, -0.25) is 9.69 Å². The largest absolute Gasteiger partial charge is 0.391 e. The smallest absolute Gasteiger partial charge is 0.369 e. The van der Waals surface area contributed by atoms with Gasteiger partial charge >= 0.3 is 12.2 Å². The lowest BCUT2D eigenvalue weighted by Gasteiger charge is -2.33. The van der Waals surface area contributed by atoms with Gasteiger partial charge in [0, 0.05) is 25.2 Å². The van der Waals surface area contributed by atoms with E-state index in [9.17, 15) is 22.8 Å². The molecular weight excluding hydrogens is 325 g/mol. The molecule has 0 radical (unpaired) electrons. The molecule has 2 rings (SSSR count). The number of amides is 3. The van der Waals surface area contributed by atoms with Crippen LogP contribution in [0.2, 0.25) is 0 Å². The third-order valence-electron chi connectivity index (χ3n) is 4.77. The molecule has 0 spiro atoms. The number of nitrogens with two attached hydrogens (primary N) is 1. The van der Waals surface area contributed by atoms with Crippen molar-refractivity contribution in [2.75, 3.05) is 19.6 Å². The van der Waals surface area contributed by atoms with Crippen LogP contribution >= 0.6 is 0 Å². The van der Waals surface area contributed by atoms with Crippen molar-refractivity contribution in [3.8, 4) is 0 Å². The molecule has 9 heteroatoms. The summed E-state index contributed by atoms with van der Waals surface area (Å²) in [6, 6.07) is -0.868. The van der Waals surface area contributed by atoms with Crippen LogP contribution in [0.1, 0.15) is 38.5 Å². The minimum atomic E-state index is -4.19. The van der Waals surface area contributed by atoms with E-state index in [1.165, 1.54) is 0 Å². The Morgan fingerprint density at radius 2 is 1.67 bits per heavy atom. The second-order valence-corrected chi connectivity index (χ2v) is 6.74. The van der Waals surface area contributed by atoms with Gasteiger partial charge in [-0.25, -0.2) is 4.79 Å². The van der Waals surface area contributed by atoms with Crippen molar-refractivity contribution in [3.63, 3.8) is 0 Å². The Balaban J connectivity index is 1.71. The first-order valence-corrected chi connectivity index (χ1v) is 8.38. The monoisotopic (exact) mass is 350 g/mol. The van der Waals surface area contributed by atoms with Crippen LogP contribution < -0.4 is 16.4 Å². The number of urea groups is 1. The summed E-state index contributed by atoms with van der Waals surface area (Å²) in [5.41, 5.74) is 5.14. The van der Waals surface area contributed by atoms with Crippen LogP contribution in [0.3, 0.4) is 0 Å². The second-order valence-electron chi connectivity index (χ2n) is 6.74.